The molecule has 0 amide bonds. The van der Waals surface area contributed by atoms with E-state index in [1.807, 2.05) is 13.8 Å². The number of fused-ring (bicyclic) bond motifs is 1. The van der Waals surface area contributed by atoms with E-state index in [1.165, 1.54) is 31.4 Å². The van der Waals surface area contributed by atoms with E-state index in [1.54, 1.807) is 16.7 Å². The van der Waals surface area contributed by atoms with Crippen molar-refractivity contribution in [2.75, 3.05) is 20.3 Å². The molecule has 1 aliphatic heterocycles. The molecule has 0 saturated carbocycles. The molecule has 10 nitrogen and oxygen atoms in total. The first-order chi connectivity index (χ1) is 21.0. The summed E-state index contributed by atoms with van der Waals surface area (Å²) >= 11 is 1.15. The van der Waals surface area contributed by atoms with Gasteiger partial charge in [-0.3, -0.25) is 0 Å². The third-order valence-corrected chi connectivity index (χ3v) is 8.36. The van der Waals surface area contributed by atoms with Gasteiger partial charge in [0, 0.05) is 17.4 Å². The number of hydrogen-bond donors (Lipinski definition) is 1. The Kier molecular flexibility index (Phi) is 7.72. The van der Waals surface area contributed by atoms with Gasteiger partial charge in [-0.25, -0.2) is 27.9 Å². The van der Waals surface area contributed by atoms with Crippen molar-refractivity contribution in [2.24, 2.45) is 5.41 Å². The number of imidazole rings is 1. The van der Waals surface area contributed by atoms with E-state index in [2.05, 4.69) is 20.2 Å². The van der Waals surface area contributed by atoms with E-state index in [4.69, 9.17) is 14.2 Å². The number of halogens is 3. The third-order valence-electron chi connectivity index (χ3n) is 7.50. The number of benzene rings is 2. The van der Waals surface area contributed by atoms with Gasteiger partial charge >= 0.3 is 5.97 Å². The molecular weight excluding hydrogens is 599 g/mol. The molecule has 5 aromatic rings. The molecule has 1 saturated heterocycles. The number of hydrogen-bond acceptors (Lipinski definition) is 9. The Morgan fingerprint density at radius 3 is 2.59 bits per heavy atom. The van der Waals surface area contributed by atoms with Crippen LogP contribution in [0.4, 0.5) is 13.2 Å². The number of carbonyl (C=O) groups is 1. The first kappa shape index (κ1) is 29.5. The van der Waals surface area contributed by atoms with Gasteiger partial charge in [0.15, 0.2) is 16.6 Å². The highest BCUT2D eigenvalue weighted by molar-refractivity contribution is 7.13. The van der Waals surface area contributed by atoms with Gasteiger partial charge in [-0.2, -0.15) is 0 Å². The van der Waals surface area contributed by atoms with Crippen molar-refractivity contribution < 1.29 is 37.3 Å². The number of rotatable bonds is 9. The molecule has 1 N–H and O–H groups in total. The van der Waals surface area contributed by atoms with E-state index in [0.717, 1.165) is 17.4 Å². The normalized spacial score (nSPS) is 16.0. The number of nitrogens with zero attached hydrogens (tertiary/aromatic N) is 5. The van der Waals surface area contributed by atoms with Crippen molar-refractivity contribution in [3.63, 3.8) is 0 Å². The van der Waals surface area contributed by atoms with Crippen molar-refractivity contribution in [2.45, 2.75) is 32.9 Å². The molecule has 14 heteroatoms. The lowest BCUT2D eigenvalue weighted by molar-refractivity contribution is 0.0696. The summed E-state index contributed by atoms with van der Waals surface area (Å²) in [6.07, 6.45) is -0.00820. The van der Waals surface area contributed by atoms with E-state index in [0.29, 0.717) is 40.3 Å². The summed E-state index contributed by atoms with van der Waals surface area (Å²) in [6.45, 7) is 4.64. The van der Waals surface area contributed by atoms with E-state index in [9.17, 15) is 14.3 Å². The second-order valence-corrected chi connectivity index (χ2v) is 12.0. The largest absolute Gasteiger partial charge is 0.478 e. The van der Waals surface area contributed by atoms with Crippen LogP contribution in [-0.2, 0) is 17.8 Å². The molecule has 1 fully saturated rings. The molecule has 0 radical (unpaired) electrons. The van der Waals surface area contributed by atoms with Crippen LogP contribution in [0.2, 0.25) is 0 Å². The summed E-state index contributed by atoms with van der Waals surface area (Å²) < 4.78 is 63.1. The highest BCUT2D eigenvalue weighted by Gasteiger charge is 2.39. The second kappa shape index (κ2) is 11.5. The number of carboxylic acids is 1. The lowest BCUT2D eigenvalue weighted by Crippen LogP contribution is -2.27. The maximum Gasteiger partial charge on any atom is 0.335 e. The predicted octanol–water partition coefficient (Wildman–Crippen LogP) is 5.84. The zero-order chi connectivity index (χ0) is 31.2. The Balaban J connectivity index is 1.31. The van der Waals surface area contributed by atoms with Gasteiger partial charge in [-0.05, 0) is 35.9 Å². The average molecular weight is 626 g/mol. The van der Waals surface area contributed by atoms with Crippen LogP contribution in [0.15, 0.2) is 42.5 Å². The van der Waals surface area contributed by atoms with E-state index >= 15 is 8.78 Å². The first-order valence-electron chi connectivity index (χ1n) is 13.5. The molecule has 0 aliphatic carbocycles. The van der Waals surface area contributed by atoms with Gasteiger partial charge in [0.05, 0.1) is 43.1 Å². The molecule has 228 valence electrons. The second-order valence-electron chi connectivity index (χ2n) is 11.0. The third kappa shape index (κ3) is 5.57. The van der Waals surface area contributed by atoms with Crippen LogP contribution >= 0.6 is 11.3 Å². The van der Waals surface area contributed by atoms with Crippen LogP contribution in [0.3, 0.4) is 0 Å². The fraction of sp³-hybridized carbons (Fsp3) is 0.300. The van der Waals surface area contributed by atoms with E-state index in [-0.39, 0.29) is 52.7 Å². The summed E-state index contributed by atoms with van der Waals surface area (Å²) in [5.74, 6) is -3.24. The summed E-state index contributed by atoms with van der Waals surface area (Å²) in [5.41, 5.74) is 0.633. The number of aromatic carboxylic acids is 1. The zero-order valence-corrected chi connectivity index (χ0v) is 24.6. The number of ether oxygens (including phenoxy) is 3. The van der Waals surface area contributed by atoms with Crippen molar-refractivity contribution >= 4 is 28.3 Å². The minimum absolute atomic E-state index is 0.000238. The van der Waals surface area contributed by atoms with Gasteiger partial charge < -0.3 is 23.9 Å². The molecule has 2 aromatic carbocycles. The molecule has 1 aliphatic rings. The maximum absolute atomic E-state index is 15.6. The lowest BCUT2D eigenvalue weighted by Gasteiger charge is -2.28. The minimum atomic E-state index is -1.27. The molecule has 0 bridgehead atoms. The van der Waals surface area contributed by atoms with Crippen LogP contribution in [-0.4, -0.2) is 56.1 Å². The van der Waals surface area contributed by atoms with Gasteiger partial charge in [-0.1, -0.05) is 42.4 Å². The lowest BCUT2D eigenvalue weighted by atomic mass is 9.87. The molecule has 1 atom stereocenters. The fourth-order valence-corrected chi connectivity index (χ4v) is 5.76. The topological polar surface area (TPSA) is 121 Å². The van der Waals surface area contributed by atoms with Crippen molar-refractivity contribution in [3.8, 4) is 22.3 Å². The number of aromatic nitrogens is 5. The molecule has 44 heavy (non-hydrogen) atoms. The van der Waals surface area contributed by atoms with Crippen LogP contribution in [0.1, 0.15) is 46.6 Å². The Hall–Kier alpha value is -4.56. The van der Waals surface area contributed by atoms with Gasteiger partial charge in [-0.15, -0.1) is 5.10 Å². The standard InChI is InChI=1S/C30H26F3N5O5S/c1-30(2)14-42-12-23(30)38-22-10-17(28(39)40)9-20(33)26(22)35-24(38)11-15-4-5-16(8-19(15)32)21-7-6-18(31)27(34-21)43-13-25-36-37-29(41-3)44-25/h4-10,23H,11-14H2,1-3H3,(H,39,40)/t23-/m1/s1. The highest BCUT2D eigenvalue weighted by atomic mass is 32.1. The molecule has 6 rings (SSSR count). The SMILES string of the molecule is COc1nnc(COc2nc(-c3ccc(Cc4nc5c(F)cc(C(=O)O)cc5n4[C@@H]4COCC4(C)C)c(F)c3)ccc2F)s1. The van der Waals surface area contributed by atoms with Crippen LogP contribution in [0.25, 0.3) is 22.3 Å². The zero-order valence-electron chi connectivity index (χ0n) is 23.8. The molecule has 4 heterocycles. The van der Waals surface area contributed by atoms with Gasteiger partial charge in [0.1, 0.15) is 23.8 Å². The smallest absolute Gasteiger partial charge is 0.335 e. The summed E-state index contributed by atoms with van der Waals surface area (Å²) in [7, 11) is 1.46. The average Bonchev–Trinajstić information content (AvgIpc) is 3.69. The molecule has 3 aromatic heterocycles. The predicted molar refractivity (Wildman–Crippen MR) is 153 cm³/mol. The van der Waals surface area contributed by atoms with Gasteiger partial charge in [0.25, 0.3) is 11.1 Å². The Labute approximate surface area is 253 Å². The van der Waals surface area contributed by atoms with Crippen LogP contribution < -0.4 is 9.47 Å². The Morgan fingerprint density at radius 1 is 1.09 bits per heavy atom. The highest BCUT2D eigenvalue weighted by Crippen LogP contribution is 2.41. The monoisotopic (exact) mass is 625 g/mol. The van der Waals surface area contributed by atoms with Crippen molar-refractivity contribution in [1.29, 1.82) is 0 Å². The Bertz CT molecular complexity index is 1890. The minimum Gasteiger partial charge on any atom is -0.478 e. The van der Waals surface area contributed by atoms with Gasteiger partial charge in [0.2, 0.25) is 0 Å². The molecule has 0 unspecified atom stereocenters. The van der Waals surface area contributed by atoms with Crippen molar-refractivity contribution in [1.82, 2.24) is 24.7 Å². The van der Waals surface area contributed by atoms with E-state index < -0.39 is 23.4 Å². The summed E-state index contributed by atoms with van der Waals surface area (Å²) in [4.78, 5) is 20.4. The summed E-state index contributed by atoms with van der Waals surface area (Å²) in [5, 5.41) is 18.0. The maximum atomic E-state index is 15.6. The molecule has 0 spiro atoms. The number of carboxylic acid groups (broad SMARTS) is 1. The van der Waals surface area contributed by atoms with Crippen molar-refractivity contribution in [3.05, 3.63) is 81.9 Å². The fourth-order valence-electron chi connectivity index (χ4n) is 5.19. The first-order valence-corrected chi connectivity index (χ1v) is 14.3. The Morgan fingerprint density at radius 2 is 1.91 bits per heavy atom. The number of methoxy groups -OCH3 is 1. The summed E-state index contributed by atoms with van der Waals surface area (Å²) in [6, 6.07) is 9.07. The quantitative estimate of drug-likeness (QED) is 0.215. The number of pyridine rings is 1. The van der Waals surface area contributed by atoms with Crippen LogP contribution in [0, 0.1) is 22.9 Å². The molecular formula is C30H26F3N5O5S. The van der Waals surface area contributed by atoms with Crippen LogP contribution in [0.5, 0.6) is 11.1 Å².